The Balaban J connectivity index is 0.00000529. The number of aliphatic imine (C=N–C) groups is 1. The Morgan fingerprint density at radius 3 is 2.50 bits per heavy atom. The lowest BCUT2D eigenvalue weighted by atomic mass is 10.1. The Kier molecular flexibility index (Phi) is 9.49. The molecule has 1 aromatic rings. The summed E-state index contributed by atoms with van der Waals surface area (Å²) in [5.74, 6) is 1.17. The predicted octanol–water partition coefficient (Wildman–Crippen LogP) is 1.60. The van der Waals surface area contributed by atoms with Crippen LogP contribution in [0.15, 0.2) is 23.2 Å². The average molecular weight is 450 g/mol. The number of phenolic OH excluding ortho intramolecular Hbond substituents is 1. The van der Waals surface area contributed by atoms with Gasteiger partial charge in [-0.25, -0.2) is 0 Å². The number of amides is 1. The number of halogens is 1. The molecule has 0 bridgehead atoms. The molecule has 7 nitrogen and oxygen atoms in total. The number of aromatic hydroxyl groups is 1. The largest absolute Gasteiger partial charge is 0.508 e. The molecule has 136 valence electrons. The van der Waals surface area contributed by atoms with Gasteiger partial charge in [-0.3, -0.25) is 9.79 Å². The molecule has 0 radical (unpaired) electrons. The fourth-order valence-electron chi connectivity index (χ4n) is 1.86. The molecule has 0 heterocycles. The molecule has 0 aliphatic heterocycles. The van der Waals surface area contributed by atoms with Crippen LogP contribution in [-0.4, -0.2) is 43.2 Å². The van der Waals surface area contributed by atoms with E-state index < -0.39 is 0 Å². The molecule has 0 aromatic heterocycles. The third-order valence-electron chi connectivity index (χ3n) is 2.89. The first-order valence-corrected chi connectivity index (χ1v) is 7.36. The van der Waals surface area contributed by atoms with Gasteiger partial charge in [0.2, 0.25) is 5.91 Å². The van der Waals surface area contributed by atoms with Gasteiger partial charge in [0.15, 0.2) is 5.96 Å². The van der Waals surface area contributed by atoms with E-state index in [1.807, 2.05) is 20.8 Å². The summed E-state index contributed by atoms with van der Waals surface area (Å²) >= 11 is 0. The lowest BCUT2D eigenvalue weighted by molar-refractivity contribution is -0.121. The van der Waals surface area contributed by atoms with Crippen molar-refractivity contribution in [1.82, 2.24) is 16.0 Å². The molecule has 0 aliphatic carbocycles. The van der Waals surface area contributed by atoms with E-state index in [1.165, 1.54) is 0 Å². The molecule has 24 heavy (non-hydrogen) atoms. The minimum absolute atomic E-state index is 0. The fourth-order valence-corrected chi connectivity index (χ4v) is 1.86. The first-order valence-electron chi connectivity index (χ1n) is 7.36. The van der Waals surface area contributed by atoms with Crippen molar-refractivity contribution >= 4 is 35.8 Å². The van der Waals surface area contributed by atoms with Gasteiger partial charge < -0.3 is 25.8 Å². The Morgan fingerprint density at radius 1 is 1.29 bits per heavy atom. The highest BCUT2D eigenvalue weighted by Crippen LogP contribution is 2.22. The maximum absolute atomic E-state index is 11.8. The van der Waals surface area contributed by atoms with E-state index in [4.69, 9.17) is 4.74 Å². The van der Waals surface area contributed by atoms with Crippen molar-refractivity contribution in [2.24, 2.45) is 4.99 Å². The van der Waals surface area contributed by atoms with E-state index >= 15 is 0 Å². The first-order chi connectivity index (χ1) is 10.7. The van der Waals surface area contributed by atoms with Gasteiger partial charge in [0.05, 0.1) is 13.7 Å². The molecule has 0 saturated heterocycles. The number of hydrogen-bond donors (Lipinski definition) is 4. The molecule has 0 saturated carbocycles. The molecule has 0 aliphatic rings. The van der Waals surface area contributed by atoms with Gasteiger partial charge in [0.1, 0.15) is 11.5 Å². The molecule has 8 heteroatoms. The van der Waals surface area contributed by atoms with Crippen LogP contribution in [0.5, 0.6) is 11.5 Å². The molecule has 0 fully saturated rings. The molecule has 0 unspecified atom stereocenters. The van der Waals surface area contributed by atoms with Crippen LogP contribution in [0.3, 0.4) is 0 Å². The molecular formula is C16H27IN4O3. The number of phenols is 1. The Bertz CT molecular complexity index is 571. The number of carbonyl (C=O) groups is 1. The summed E-state index contributed by atoms with van der Waals surface area (Å²) in [6.45, 7) is 6.22. The Labute approximate surface area is 160 Å². The van der Waals surface area contributed by atoms with E-state index in [9.17, 15) is 9.90 Å². The topological polar surface area (TPSA) is 95.0 Å². The van der Waals surface area contributed by atoms with Crippen molar-refractivity contribution in [2.45, 2.75) is 32.9 Å². The van der Waals surface area contributed by atoms with Gasteiger partial charge in [-0.05, 0) is 39.0 Å². The summed E-state index contributed by atoms with van der Waals surface area (Å²) in [6, 6.07) is 4.99. The average Bonchev–Trinajstić information content (AvgIpc) is 2.47. The molecule has 1 rings (SSSR count). The van der Waals surface area contributed by atoms with Gasteiger partial charge in [-0.1, -0.05) is 0 Å². The van der Waals surface area contributed by atoms with Gasteiger partial charge in [-0.2, -0.15) is 0 Å². The first kappa shape index (κ1) is 22.3. The quantitative estimate of drug-likeness (QED) is 0.311. The maximum Gasteiger partial charge on any atom is 0.239 e. The minimum Gasteiger partial charge on any atom is -0.508 e. The van der Waals surface area contributed by atoms with E-state index in [0.29, 0.717) is 23.8 Å². The standard InChI is InChI=1S/C16H26N4O3.HI/c1-16(2,3)20-14(22)10-19-15(17-4)18-9-11-8-12(23-5)6-7-13(11)21;/h6-8,21H,9-10H2,1-5H3,(H,20,22)(H2,17,18,19);1H. The van der Waals surface area contributed by atoms with Gasteiger partial charge in [-0.15, -0.1) is 24.0 Å². The molecule has 4 N–H and O–H groups in total. The number of guanidine groups is 1. The van der Waals surface area contributed by atoms with E-state index in [1.54, 1.807) is 32.4 Å². The van der Waals surface area contributed by atoms with Gasteiger partial charge in [0.25, 0.3) is 0 Å². The van der Waals surface area contributed by atoms with Crippen molar-refractivity contribution < 1.29 is 14.6 Å². The number of rotatable bonds is 5. The van der Waals surface area contributed by atoms with Crippen LogP contribution < -0.4 is 20.7 Å². The third kappa shape index (κ3) is 8.23. The van der Waals surface area contributed by atoms with Crippen molar-refractivity contribution in [1.29, 1.82) is 0 Å². The monoisotopic (exact) mass is 450 g/mol. The summed E-state index contributed by atoms with van der Waals surface area (Å²) in [5, 5.41) is 18.7. The number of nitrogens with zero attached hydrogens (tertiary/aromatic N) is 1. The number of ether oxygens (including phenoxy) is 1. The van der Waals surface area contributed by atoms with Crippen molar-refractivity contribution in [3.8, 4) is 11.5 Å². The van der Waals surface area contributed by atoms with Crippen molar-refractivity contribution in [2.75, 3.05) is 20.7 Å². The zero-order chi connectivity index (χ0) is 17.5. The highest BCUT2D eigenvalue weighted by molar-refractivity contribution is 14.0. The Hall–Kier alpha value is -1.71. The highest BCUT2D eigenvalue weighted by atomic mass is 127. The second-order valence-electron chi connectivity index (χ2n) is 6.07. The number of carbonyl (C=O) groups excluding carboxylic acids is 1. The van der Waals surface area contributed by atoms with Crippen LogP contribution in [0, 0.1) is 0 Å². The smallest absolute Gasteiger partial charge is 0.239 e. The van der Waals surface area contributed by atoms with Crippen LogP contribution in [0.2, 0.25) is 0 Å². The minimum atomic E-state index is -0.276. The van der Waals surface area contributed by atoms with Crippen LogP contribution in [-0.2, 0) is 11.3 Å². The highest BCUT2D eigenvalue weighted by Gasteiger charge is 2.13. The molecular weight excluding hydrogens is 423 g/mol. The van der Waals surface area contributed by atoms with Crippen LogP contribution in [0.25, 0.3) is 0 Å². The third-order valence-corrected chi connectivity index (χ3v) is 2.89. The number of benzene rings is 1. The zero-order valence-electron chi connectivity index (χ0n) is 14.8. The molecule has 1 aromatic carbocycles. The van der Waals surface area contributed by atoms with Gasteiger partial charge >= 0.3 is 0 Å². The number of nitrogens with one attached hydrogen (secondary N) is 3. The molecule has 0 atom stereocenters. The van der Waals surface area contributed by atoms with Crippen LogP contribution in [0.4, 0.5) is 0 Å². The summed E-state index contributed by atoms with van der Waals surface area (Å²) in [6.07, 6.45) is 0. The summed E-state index contributed by atoms with van der Waals surface area (Å²) in [5.41, 5.74) is 0.397. The fraction of sp³-hybridized carbons (Fsp3) is 0.500. The normalized spacial score (nSPS) is 11.3. The number of methoxy groups -OCH3 is 1. The van der Waals surface area contributed by atoms with E-state index in [2.05, 4.69) is 20.9 Å². The van der Waals surface area contributed by atoms with Crippen molar-refractivity contribution in [3.05, 3.63) is 23.8 Å². The lowest BCUT2D eigenvalue weighted by Crippen LogP contribution is -2.48. The second kappa shape index (κ2) is 10.2. The lowest BCUT2D eigenvalue weighted by Gasteiger charge is -2.21. The molecule has 1 amide bonds. The molecule has 0 spiro atoms. The summed E-state index contributed by atoms with van der Waals surface area (Å²) in [7, 11) is 3.18. The summed E-state index contributed by atoms with van der Waals surface area (Å²) in [4.78, 5) is 15.8. The van der Waals surface area contributed by atoms with E-state index in [0.717, 1.165) is 0 Å². The summed E-state index contributed by atoms with van der Waals surface area (Å²) < 4.78 is 5.13. The SMILES string of the molecule is CN=C(NCC(=O)NC(C)(C)C)NCc1cc(OC)ccc1O.I. The number of hydrogen-bond acceptors (Lipinski definition) is 4. The maximum atomic E-state index is 11.8. The second-order valence-corrected chi connectivity index (χ2v) is 6.07. The van der Waals surface area contributed by atoms with Crippen molar-refractivity contribution in [3.63, 3.8) is 0 Å². The van der Waals surface area contributed by atoms with Crippen LogP contribution >= 0.6 is 24.0 Å². The predicted molar refractivity (Wildman–Crippen MR) is 106 cm³/mol. The van der Waals surface area contributed by atoms with Gasteiger partial charge in [0, 0.05) is 24.7 Å². The van der Waals surface area contributed by atoms with E-state index in [-0.39, 0.29) is 47.7 Å². The zero-order valence-corrected chi connectivity index (χ0v) is 17.1. The van der Waals surface area contributed by atoms with Crippen LogP contribution in [0.1, 0.15) is 26.3 Å². The Morgan fingerprint density at radius 2 is 1.96 bits per heavy atom.